The summed E-state index contributed by atoms with van der Waals surface area (Å²) in [5, 5.41) is 12.0. The van der Waals surface area contributed by atoms with Gasteiger partial charge < -0.3 is 15.2 Å². The quantitative estimate of drug-likeness (QED) is 0.812. The van der Waals surface area contributed by atoms with Crippen LogP contribution in [0, 0.1) is 0 Å². The van der Waals surface area contributed by atoms with Crippen molar-refractivity contribution in [2.45, 2.75) is 18.0 Å². The summed E-state index contributed by atoms with van der Waals surface area (Å²) in [7, 11) is 1.34. The molecule has 0 fully saturated rings. The van der Waals surface area contributed by atoms with Gasteiger partial charge in [-0.15, -0.1) is 0 Å². The Hall–Kier alpha value is -2.74. The van der Waals surface area contributed by atoms with E-state index in [1.165, 1.54) is 25.3 Å². The van der Waals surface area contributed by atoms with E-state index in [4.69, 9.17) is 16.3 Å². The van der Waals surface area contributed by atoms with Gasteiger partial charge >= 0.3 is 12.1 Å². The maximum absolute atomic E-state index is 13.0. The molecule has 0 bridgehead atoms. The summed E-state index contributed by atoms with van der Waals surface area (Å²) >= 11 is 6.03. The van der Waals surface area contributed by atoms with Gasteiger partial charge in [0.15, 0.2) is 0 Å². The molecule has 1 heterocycles. The Morgan fingerprint density at radius 2 is 1.93 bits per heavy atom. The van der Waals surface area contributed by atoms with Crippen molar-refractivity contribution in [3.05, 3.63) is 58.1 Å². The van der Waals surface area contributed by atoms with Crippen molar-refractivity contribution in [3.63, 3.8) is 0 Å². The van der Waals surface area contributed by atoms with Crippen molar-refractivity contribution in [1.82, 2.24) is 0 Å². The summed E-state index contributed by atoms with van der Waals surface area (Å²) in [6.07, 6.45) is -5.29. The van der Waals surface area contributed by atoms with Crippen LogP contribution in [0.1, 0.15) is 23.1 Å². The fourth-order valence-corrected chi connectivity index (χ4v) is 3.50. The number of hydrogen-bond donors (Lipinski definition) is 2. The smallest absolute Gasteiger partial charge is 0.416 e. The number of anilines is 1. The highest BCUT2D eigenvalue weighted by molar-refractivity contribution is 6.30. The van der Waals surface area contributed by atoms with Crippen molar-refractivity contribution >= 4 is 29.2 Å². The van der Waals surface area contributed by atoms with Crippen LogP contribution in [0.5, 0.6) is 5.75 Å². The zero-order chi connectivity index (χ0) is 20.0. The number of methoxy groups -OCH3 is 1. The molecule has 5 nitrogen and oxygen atoms in total. The Morgan fingerprint density at radius 3 is 2.52 bits per heavy atom. The van der Waals surface area contributed by atoms with Crippen LogP contribution >= 0.6 is 11.6 Å². The molecule has 2 aromatic carbocycles. The van der Waals surface area contributed by atoms with E-state index in [1.807, 2.05) is 0 Å². The first kappa shape index (κ1) is 19.0. The molecular formula is C18H13ClF3NO4. The second-order valence-electron chi connectivity index (χ2n) is 6.03. The zero-order valence-corrected chi connectivity index (χ0v) is 14.6. The largest absolute Gasteiger partial charge is 0.496 e. The topological polar surface area (TPSA) is 75.6 Å². The minimum absolute atomic E-state index is 0.0990. The number of benzene rings is 2. The lowest BCUT2D eigenvalue weighted by Crippen LogP contribution is -2.38. The van der Waals surface area contributed by atoms with Gasteiger partial charge in [0, 0.05) is 16.3 Å². The first-order valence-corrected chi connectivity index (χ1v) is 8.06. The highest BCUT2D eigenvalue weighted by atomic mass is 35.5. The SMILES string of the molecule is COc1ccc(Cl)cc1C1(CC(=O)O)C(=O)Nc2cc(C(F)(F)F)ccc21. The number of nitrogens with one attached hydrogen (secondary N) is 1. The lowest BCUT2D eigenvalue weighted by atomic mass is 9.72. The van der Waals surface area contributed by atoms with Gasteiger partial charge in [-0.3, -0.25) is 9.59 Å². The number of carboxylic acids is 1. The number of rotatable bonds is 4. The van der Waals surface area contributed by atoms with Crippen molar-refractivity contribution in [3.8, 4) is 5.75 Å². The van der Waals surface area contributed by atoms with Crippen molar-refractivity contribution < 1.29 is 32.6 Å². The van der Waals surface area contributed by atoms with Gasteiger partial charge in [0.05, 0.1) is 19.1 Å². The number of hydrogen-bond acceptors (Lipinski definition) is 3. The summed E-state index contributed by atoms with van der Waals surface area (Å²) in [6.45, 7) is 0. The lowest BCUT2D eigenvalue weighted by Gasteiger charge is -2.28. The van der Waals surface area contributed by atoms with E-state index in [0.29, 0.717) is 0 Å². The number of fused-ring (bicyclic) bond motifs is 1. The molecule has 9 heteroatoms. The van der Waals surface area contributed by atoms with Crippen LogP contribution < -0.4 is 10.1 Å². The highest BCUT2D eigenvalue weighted by Crippen LogP contribution is 2.50. The minimum atomic E-state index is -4.61. The van der Waals surface area contributed by atoms with Gasteiger partial charge in [0.25, 0.3) is 0 Å². The van der Waals surface area contributed by atoms with Crippen molar-refractivity contribution in [2.75, 3.05) is 12.4 Å². The fourth-order valence-electron chi connectivity index (χ4n) is 3.33. The van der Waals surface area contributed by atoms with Gasteiger partial charge in [-0.05, 0) is 35.9 Å². The minimum Gasteiger partial charge on any atom is -0.496 e. The highest BCUT2D eigenvalue weighted by Gasteiger charge is 2.52. The van der Waals surface area contributed by atoms with Crippen LogP contribution in [0.25, 0.3) is 0 Å². The maximum atomic E-state index is 13.0. The third-order valence-corrected chi connectivity index (χ3v) is 4.72. The van der Waals surface area contributed by atoms with Crippen LogP contribution in [0.3, 0.4) is 0 Å². The number of ether oxygens (including phenoxy) is 1. The van der Waals surface area contributed by atoms with Crippen molar-refractivity contribution in [1.29, 1.82) is 0 Å². The molecule has 0 aromatic heterocycles. The van der Waals surface area contributed by atoms with Gasteiger partial charge in [0.1, 0.15) is 11.2 Å². The summed E-state index contributed by atoms with van der Waals surface area (Å²) in [5.41, 5.74) is -2.55. The summed E-state index contributed by atoms with van der Waals surface area (Å²) in [5.74, 6) is -1.87. The standard InChI is InChI=1S/C18H13ClF3NO4/c1-27-14-5-3-10(19)7-12(14)17(8-15(24)25)11-4-2-9(18(20,21)22)6-13(11)23-16(17)26/h2-7H,8H2,1H3,(H,23,26)(H,24,25). The number of carboxylic acid groups (broad SMARTS) is 1. The molecule has 0 aliphatic carbocycles. The number of carbonyl (C=O) groups excluding carboxylic acids is 1. The third-order valence-electron chi connectivity index (χ3n) is 4.48. The lowest BCUT2D eigenvalue weighted by molar-refractivity contribution is -0.140. The van der Waals surface area contributed by atoms with Crippen LogP contribution in [0.15, 0.2) is 36.4 Å². The van der Waals surface area contributed by atoms with E-state index < -0.39 is 35.5 Å². The Morgan fingerprint density at radius 1 is 1.22 bits per heavy atom. The molecule has 2 aromatic rings. The molecule has 1 aliphatic rings. The zero-order valence-electron chi connectivity index (χ0n) is 13.9. The summed E-state index contributed by atoms with van der Waals surface area (Å²) < 4.78 is 44.3. The second kappa shape index (κ2) is 6.45. The number of alkyl halides is 3. The van der Waals surface area contributed by atoms with E-state index in [-0.39, 0.29) is 27.6 Å². The van der Waals surface area contributed by atoms with E-state index >= 15 is 0 Å². The van der Waals surface area contributed by atoms with Crippen LogP contribution in [-0.4, -0.2) is 24.1 Å². The van der Waals surface area contributed by atoms with Crippen LogP contribution in [0.4, 0.5) is 18.9 Å². The number of halogens is 4. The third kappa shape index (κ3) is 3.10. The predicted molar refractivity (Wildman–Crippen MR) is 91.1 cm³/mol. The number of aliphatic carboxylic acids is 1. The average molecular weight is 400 g/mol. The molecule has 0 saturated heterocycles. The molecule has 3 rings (SSSR count). The Labute approximate surface area is 156 Å². The molecule has 0 saturated carbocycles. The molecule has 1 aliphatic heterocycles. The predicted octanol–water partition coefficient (Wildman–Crippen LogP) is 4.08. The first-order valence-electron chi connectivity index (χ1n) is 7.68. The van der Waals surface area contributed by atoms with Gasteiger partial charge in [-0.2, -0.15) is 13.2 Å². The average Bonchev–Trinajstić information content (AvgIpc) is 2.85. The molecule has 27 heavy (non-hydrogen) atoms. The molecule has 0 spiro atoms. The number of carbonyl (C=O) groups is 2. The van der Waals surface area contributed by atoms with Crippen LogP contribution in [-0.2, 0) is 21.2 Å². The van der Waals surface area contributed by atoms with E-state index in [1.54, 1.807) is 0 Å². The normalized spacial score (nSPS) is 18.8. The molecule has 2 N–H and O–H groups in total. The Kier molecular flexibility index (Phi) is 4.55. The summed E-state index contributed by atoms with van der Waals surface area (Å²) in [4.78, 5) is 24.4. The second-order valence-corrected chi connectivity index (χ2v) is 6.47. The van der Waals surface area contributed by atoms with Crippen molar-refractivity contribution in [2.24, 2.45) is 0 Å². The van der Waals surface area contributed by atoms with Gasteiger partial charge in [-0.25, -0.2) is 0 Å². The maximum Gasteiger partial charge on any atom is 0.416 e. The van der Waals surface area contributed by atoms with E-state index in [2.05, 4.69) is 5.32 Å². The van der Waals surface area contributed by atoms with E-state index in [0.717, 1.165) is 18.2 Å². The van der Waals surface area contributed by atoms with Gasteiger partial charge in [-0.1, -0.05) is 17.7 Å². The molecule has 1 atom stereocenters. The molecular weight excluding hydrogens is 387 g/mol. The molecule has 1 amide bonds. The Bertz CT molecular complexity index is 945. The number of amides is 1. The monoisotopic (exact) mass is 399 g/mol. The van der Waals surface area contributed by atoms with Crippen LogP contribution in [0.2, 0.25) is 5.02 Å². The van der Waals surface area contributed by atoms with Gasteiger partial charge in [0.2, 0.25) is 5.91 Å². The Balaban J connectivity index is 2.31. The molecule has 1 unspecified atom stereocenters. The first-order chi connectivity index (χ1) is 12.6. The fraction of sp³-hybridized carbons (Fsp3) is 0.222. The molecule has 142 valence electrons. The molecule has 0 radical (unpaired) electrons. The van der Waals surface area contributed by atoms with E-state index in [9.17, 15) is 27.9 Å². The summed E-state index contributed by atoms with van der Waals surface area (Å²) in [6, 6.07) is 7.06.